The maximum absolute atomic E-state index is 12.6. The smallest absolute Gasteiger partial charge is 0.225 e. The molecule has 0 fully saturated rings. The molecule has 124 valence electrons. The van der Waals surface area contributed by atoms with Gasteiger partial charge in [0.25, 0.3) is 0 Å². The molecular weight excluding hydrogens is 274 g/mol. The molecular formula is C19H31NO2. The minimum Gasteiger partial charge on any atom is -0.386 e. The number of rotatable bonds is 8. The summed E-state index contributed by atoms with van der Waals surface area (Å²) in [7, 11) is 1.79. The number of aliphatic hydroxyl groups is 1. The summed E-state index contributed by atoms with van der Waals surface area (Å²) >= 11 is 0. The fourth-order valence-corrected chi connectivity index (χ4v) is 2.68. The van der Waals surface area contributed by atoms with E-state index in [-0.39, 0.29) is 17.9 Å². The minimum atomic E-state index is -0.659. The lowest BCUT2D eigenvalue weighted by molar-refractivity contribution is -0.139. The zero-order valence-corrected chi connectivity index (χ0v) is 14.6. The van der Waals surface area contributed by atoms with Crippen LogP contribution < -0.4 is 0 Å². The van der Waals surface area contributed by atoms with Gasteiger partial charge < -0.3 is 10.0 Å². The van der Waals surface area contributed by atoms with Crippen molar-refractivity contribution in [2.24, 2.45) is 11.8 Å². The molecule has 3 heteroatoms. The first-order valence-electron chi connectivity index (χ1n) is 8.39. The van der Waals surface area contributed by atoms with Gasteiger partial charge in [-0.05, 0) is 24.8 Å². The summed E-state index contributed by atoms with van der Waals surface area (Å²) in [6.07, 6.45) is 2.73. The Morgan fingerprint density at radius 3 is 2.32 bits per heavy atom. The topological polar surface area (TPSA) is 40.5 Å². The molecule has 1 rings (SSSR count). The van der Waals surface area contributed by atoms with Crippen LogP contribution in [0.3, 0.4) is 0 Å². The van der Waals surface area contributed by atoms with Gasteiger partial charge in [-0.1, -0.05) is 63.9 Å². The molecule has 0 aromatic heterocycles. The number of unbranched alkanes of at least 4 members (excludes halogenated alkanes) is 1. The van der Waals surface area contributed by atoms with Crippen molar-refractivity contribution >= 4 is 5.91 Å². The first kappa shape index (κ1) is 18.7. The monoisotopic (exact) mass is 305 g/mol. The summed E-state index contributed by atoms with van der Waals surface area (Å²) in [4.78, 5) is 14.3. The number of carbonyl (C=O) groups is 1. The summed E-state index contributed by atoms with van der Waals surface area (Å²) in [5.74, 6) is 0.476. The maximum atomic E-state index is 12.6. The SMILES string of the molecule is CCCC[C@H](C)[C@H](C)C(=O)N(C)[C@@H](C)[C@@H](O)c1ccccc1. The van der Waals surface area contributed by atoms with Gasteiger partial charge in [0.05, 0.1) is 12.1 Å². The fourth-order valence-electron chi connectivity index (χ4n) is 2.68. The van der Waals surface area contributed by atoms with Gasteiger partial charge in [0, 0.05) is 13.0 Å². The molecule has 0 aliphatic heterocycles. The maximum Gasteiger partial charge on any atom is 0.225 e. The van der Waals surface area contributed by atoms with Crippen LogP contribution in [0.15, 0.2) is 30.3 Å². The molecule has 4 atom stereocenters. The molecule has 0 heterocycles. The van der Waals surface area contributed by atoms with Gasteiger partial charge in [0.2, 0.25) is 5.91 Å². The Hall–Kier alpha value is -1.35. The molecule has 1 aromatic rings. The van der Waals surface area contributed by atoms with Crippen molar-refractivity contribution in [3.8, 4) is 0 Å². The molecule has 0 bridgehead atoms. The Bertz CT molecular complexity index is 446. The number of aliphatic hydroxyl groups excluding tert-OH is 1. The average molecular weight is 305 g/mol. The second-order valence-corrected chi connectivity index (χ2v) is 6.45. The number of likely N-dealkylation sites (N-methyl/N-ethyl adjacent to an activating group) is 1. The van der Waals surface area contributed by atoms with Crippen LogP contribution in [0.1, 0.15) is 58.6 Å². The highest BCUT2D eigenvalue weighted by Gasteiger charge is 2.29. The number of amides is 1. The standard InChI is InChI=1S/C19H31NO2/c1-6-7-11-14(2)15(3)19(22)20(5)16(4)18(21)17-12-9-8-10-13-17/h8-10,12-16,18,21H,6-7,11H2,1-5H3/t14-,15-,16-,18+/m0/s1. The number of benzene rings is 1. The molecule has 3 nitrogen and oxygen atoms in total. The Kier molecular flexibility index (Phi) is 7.60. The lowest BCUT2D eigenvalue weighted by atomic mass is 9.89. The van der Waals surface area contributed by atoms with Crippen LogP contribution in [-0.2, 0) is 4.79 Å². The highest BCUT2D eigenvalue weighted by Crippen LogP contribution is 2.24. The molecule has 0 aliphatic rings. The summed E-state index contributed by atoms with van der Waals surface area (Å²) in [6.45, 7) is 8.22. The van der Waals surface area contributed by atoms with Crippen LogP contribution in [0.5, 0.6) is 0 Å². The van der Waals surface area contributed by atoms with Gasteiger partial charge in [0.1, 0.15) is 0 Å². The van der Waals surface area contributed by atoms with Crippen LogP contribution in [0, 0.1) is 11.8 Å². The molecule has 22 heavy (non-hydrogen) atoms. The summed E-state index contributed by atoms with van der Waals surface area (Å²) in [6, 6.07) is 9.29. The normalized spacial score (nSPS) is 16.6. The molecule has 0 aliphatic carbocycles. The molecule has 0 unspecified atom stereocenters. The lowest BCUT2D eigenvalue weighted by Gasteiger charge is -2.32. The molecule has 1 N–H and O–H groups in total. The zero-order chi connectivity index (χ0) is 16.7. The van der Waals surface area contributed by atoms with E-state index in [9.17, 15) is 9.90 Å². The van der Waals surface area contributed by atoms with E-state index in [4.69, 9.17) is 0 Å². The van der Waals surface area contributed by atoms with E-state index in [1.807, 2.05) is 44.2 Å². The predicted molar refractivity (Wildman–Crippen MR) is 91.5 cm³/mol. The number of nitrogens with zero attached hydrogens (tertiary/aromatic N) is 1. The summed E-state index contributed by atoms with van der Waals surface area (Å²) in [5, 5.41) is 10.5. The number of carbonyl (C=O) groups excluding carboxylic acids is 1. The third-order valence-corrected chi connectivity index (χ3v) is 4.81. The zero-order valence-electron chi connectivity index (χ0n) is 14.6. The van der Waals surface area contributed by atoms with Gasteiger partial charge >= 0.3 is 0 Å². The van der Waals surface area contributed by atoms with Crippen LogP contribution in [0.2, 0.25) is 0 Å². The highest BCUT2D eigenvalue weighted by molar-refractivity contribution is 5.78. The summed E-state index contributed by atoms with van der Waals surface area (Å²) < 4.78 is 0. The van der Waals surface area contributed by atoms with E-state index in [2.05, 4.69) is 13.8 Å². The predicted octanol–water partition coefficient (Wildman–Crippen LogP) is 4.03. The van der Waals surface area contributed by atoms with Gasteiger partial charge in [0.15, 0.2) is 0 Å². The third kappa shape index (κ3) is 4.84. The van der Waals surface area contributed by atoms with Crippen LogP contribution in [0.4, 0.5) is 0 Å². The first-order valence-corrected chi connectivity index (χ1v) is 8.39. The molecule has 0 saturated heterocycles. The van der Waals surface area contributed by atoms with Gasteiger partial charge in [-0.25, -0.2) is 0 Å². The quantitative estimate of drug-likeness (QED) is 0.787. The van der Waals surface area contributed by atoms with Gasteiger partial charge in [-0.15, -0.1) is 0 Å². The fraction of sp³-hybridized carbons (Fsp3) is 0.632. The largest absolute Gasteiger partial charge is 0.386 e. The number of hydrogen-bond donors (Lipinski definition) is 1. The van der Waals surface area contributed by atoms with Crippen molar-refractivity contribution in [3.05, 3.63) is 35.9 Å². The second-order valence-electron chi connectivity index (χ2n) is 6.45. The van der Waals surface area contributed by atoms with Gasteiger partial charge in [-0.2, -0.15) is 0 Å². The third-order valence-electron chi connectivity index (χ3n) is 4.81. The van der Waals surface area contributed by atoms with Crippen LogP contribution >= 0.6 is 0 Å². The Morgan fingerprint density at radius 1 is 1.18 bits per heavy atom. The van der Waals surface area contributed by atoms with E-state index in [1.54, 1.807) is 11.9 Å². The van der Waals surface area contributed by atoms with Crippen molar-refractivity contribution in [1.29, 1.82) is 0 Å². The Balaban J connectivity index is 2.68. The molecule has 0 spiro atoms. The average Bonchev–Trinajstić information content (AvgIpc) is 2.56. The van der Waals surface area contributed by atoms with E-state index in [0.717, 1.165) is 24.8 Å². The molecule has 1 amide bonds. The van der Waals surface area contributed by atoms with E-state index >= 15 is 0 Å². The van der Waals surface area contributed by atoms with Crippen molar-refractivity contribution in [3.63, 3.8) is 0 Å². The minimum absolute atomic E-state index is 0.0121. The molecule has 0 radical (unpaired) electrons. The summed E-state index contributed by atoms with van der Waals surface area (Å²) in [5.41, 5.74) is 0.848. The van der Waals surface area contributed by atoms with E-state index < -0.39 is 6.10 Å². The highest BCUT2D eigenvalue weighted by atomic mass is 16.3. The number of hydrogen-bond acceptors (Lipinski definition) is 2. The lowest BCUT2D eigenvalue weighted by Crippen LogP contribution is -2.43. The molecule has 1 aromatic carbocycles. The van der Waals surface area contributed by atoms with E-state index in [1.165, 1.54) is 0 Å². The van der Waals surface area contributed by atoms with Crippen LogP contribution in [-0.4, -0.2) is 29.0 Å². The van der Waals surface area contributed by atoms with Crippen molar-refractivity contribution in [2.75, 3.05) is 7.05 Å². The Morgan fingerprint density at radius 2 is 1.77 bits per heavy atom. The van der Waals surface area contributed by atoms with Crippen molar-refractivity contribution in [1.82, 2.24) is 4.90 Å². The van der Waals surface area contributed by atoms with Crippen molar-refractivity contribution in [2.45, 2.75) is 59.1 Å². The van der Waals surface area contributed by atoms with Crippen LogP contribution in [0.25, 0.3) is 0 Å². The first-order chi connectivity index (χ1) is 10.4. The molecule has 0 saturated carbocycles. The van der Waals surface area contributed by atoms with Crippen molar-refractivity contribution < 1.29 is 9.90 Å². The Labute approximate surface area is 135 Å². The second kappa shape index (κ2) is 8.94. The van der Waals surface area contributed by atoms with Gasteiger partial charge in [-0.3, -0.25) is 4.79 Å². The van der Waals surface area contributed by atoms with E-state index in [0.29, 0.717) is 5.92 Å².